The van der Waals surface area contributed by atoms with Crippen molar-refractivity contribution in [1.82, 2.24) is 15.1 Å². The van der Waals surface area contributed by atoms with Crippen LogP contribution in [0.4, 0.5) is 0 Å². The molecule has 3 aromatic rings. The molecule has 1 aliphatic rings. The fourth-order valence-corrected chi connectivity index (χ4v) is 2.90. The van der Waals surface area contributed by atoms with E-state index in [0.29, 0.717) is 36.2 Å². The molecule has 2 aromatic heterocycles. The molecule has 0 unspecified atom stereocenters. The van der Waals surface area contributed by atoms with Crippen LogP contribution in [0.1, 0.15) is 17.0 Å². The maximum Gasteiger partial charge on any atom is 0.289 e. The first kappa shape index (κ1) is 15.4. The number of fused-ring (bicyclic) bond motifs is 1. The van der Waals surface area contributed by atoms with Crippen LogP contribution in [0.3, 0.4) is 0 Å². The second kappa shape index (κ2) is 6.43. The standard InChI is InChI=1S/C18H17N3O4/c1-23-16-6-7-17(20-19-16)24-13-8-9-21(11-13)18(22)15-10-12-4-2-3-5-14(12)25-15/h2-7,10,13H,8-9,11H2,1H3/t13-/m0/s1. The van der Waals surface area contributed by atoms with Gasteiger partial charge < -0.3 is 18.8 Å². The molecule has 128 valence electrons. The molecular formula is C18H17N3O4. The molecule has 25 heavy (non-hydrogen) atoms. The van der Waals surface area contributed by atoms with Gasteiger partial charge in [-0.1, -0.05) is 18.2 Å². The largest absolute Gasteiger partial charge is 0.480 e. The van der Waals surface area contributed by atoms with Gasteiger partial charge in [-0.3, -0.25) is 4.79 Å². The molecule has 1 aromatic carbocycles. The molecule has 1 fully saturated rings. The number of amides is 1. The fraction of sp³-hybridized carbons (Fsp3) is 0.278. The number of rotatable bonds is 4. The SMILES string of the molecule is COc1ccc(O[C@H]2CCN(C(=O)c3cc4ccccc4o3)C2)nn1. The van der Waals surface area contributed by atoms with Gasteiger partial charge >= 0.3 is 0 Å². The summed E-state index contributed by atoms with van der Waals surface area (Å²) in [6, 6.07) is 12.8. The van der Waals surface area contributed by atoms with E-state index in [1.807, 2.05) is 24.3 Å². The Labute approximate surface area is 144 Å². The number of para-hydroxylation sites is 1. The van der Waals surface area contributed by atoms with Gasteiger partial charge in [-0.05, 0) is 12.1 Å². The molecule has 4 rings (SSSR count). The summed E-state index contributed by atoms with van der Waals surface area (Å²) < 4.78 is 16.4. The third-order valence-electron chi connectivity index (χ3n) is 4.18. The van der Waals surface area contributed by atoms with Crippen LogP contribution >= 0.6 is 0 Å². The van der Waals surface area contributed by atoms with Crippen molar-refractivity contribution in [1.29, 1.82) is 0 Å². The van der Waals surface area contributed by atoms with Crippen LogP contribution in [0.15, 0.2) is 46.9 Å². The number of methoxy groups -OCH3 is 1. The Bertz CT molecular complexity index is 858. The fourth-order valence-electron chi connectivity index (χ4n) is 2.90. The quantitative estimate of drug-likeness (QED) is 0.727. The molecule has 7 heteroatoms. The first-order valence-corrected chi connectivity index (χ1v) is 8.05. The van der Waals surface area contributed by atoms with E-state index in [-0.39, 0.29) is 12.0 Å². The Balaban J connectivity index is 1.41. The van der Waals surface area contributed by atoms with E-state index in [1.54, 1.807) is 23.1 Å². The molecule has 0 saturated carbocycles. The van der Waals surface area contributed by atoms with Crippen molar-refractivity contribution in [2.45, 2.75) is 12.5 Å². The maximum absolute atomic E-state index is 12.6. The smallest absolute Gasteiger partial charge is 0.289 e. The van der Waals surface area contributed by atoms with Gasteiger partial charge in [0.1, 0.15) is 11.7 Å². The molecule has 1 saturated heterocycles. The minimum atomic E-state index is -0.122. The number of benzene rings is 1. The summed E-state index contributed by atoms with van der Waals surface area (Å²) in [6.45, 7) is 1.10. The number of hydrogen-bond acceptors (Lipinski definition) is 6. The van der Waals surface area contributed by atoms with E-state index in [9.17, 15) is 4.79 Å². The van der Waals surface area contributed by atoms with Gasteiger partial charge in [0.25, 0.3) is 5.91 Å². The average Bonchev–Trinajstić information content (AvgIpc) is 3.28. The number of hydrogen-bond donors (Lipinski definition) is 0. The van der Waals surface area contributed by atoms with E-state index < -0.39 is 0 Å². The lowest BCUT2D eigenvalue weighted by Gasteiger charge is -2.15. The first-order chi connectivity index (χ1) is 12.2. The van der Waals surface area contributed by atoms with Crippen molar-refractivity contribution in [3.05, 3.63) is 48.2 Å². The highest BCUT2D eigenvalue weighted by Gasteiger charge is 2.30. The summed E-state index contributed by atoms with van der Waals surface area (Å²) in [5, 5.41) is 8.75. The van der Waals surface area contributed by atoms with E-state index >= 15 is 0 Å². The zero-order valence-corrected chi connectivity index (χ0v) is 13.7. The van der Waals surface area contributed by atoms with Crippen molar-refractivity contribution in [2.75, 3.05) is 20.2 Å². The Morgan fingerprint density at radius 2 is 2.00 bits per heavy atom. The number of furan rings is 1. The Morgan fingerprint density at radius 3 is 2.76 bits per heavy atom. The highest BCUT2D eigenvalue weighted by molar-refractivity contribution is 5.96. The molecule has 0 bridgehead atoms. The highest BCUT2D eigenvalue weighted by Crippen LogP contribution is 2.23. The predicted octanol–water partition coefficient (Wildman–Crippen LogP) is 2.52. The zero-order valence-electron chi connectivity index (χ0n) is 13.7. The van der Waals surface area contributed by atoms with Gasteiger partial charge in [0.2, 0.25) is 11.8 Å². The second-order valence-corrected chi connectivity index (χ2v) is 5.84. The Kier molecular flexibility index (Phi) is 3.97. The summed E-state index contributed by atoms with van der Waals surface area (Å²) in [5.74, 6) is 1.08. The van der Waals surface area contributed by atoms with Gasteiger partial charge in [0, 0.05) is 30.5 Å². The zero-order chi connectivity index (χ0) is 17.2. The predicted molar refractivity (Wildman–Crippen MR) is 89.7 cm³/mol. The number of carbonyl (C=O) groups excluding carboxylic acids is 1. The van der Waals surface area contributed by atoms with Gasteiger partial charge in [-0.25, -0.2) is 0 Å². The van der Waals surface area contributed by atoms with Crippen molar-refractivity contribution in [3.8, 4) is 11.8 Å². The summed E-state index contributed by atoms with van der Waals surface area (Å²) >= 11 is 0. The molecule has 1 aliphatic heterocycles. The molecule has 1 atom stereocenters. The third kappa shape index (κ3) is 3.13. The molecular weight excluding hydrogens is 322 g/mol. The summed E-state index contributed by atoms with van der Waals surface area (Å²) in [7, 11) is 1.53. The Morgan fingerprint density at radius 1 is 1.20 bits per heavy atom. The number of nitrogens with zero attached hydrogens (tertiary/aromatic N) is 3. The van der Waals surface area contributed by atoms with E-state index in [2.05, 4.69) is 10.2 Å². The minimum absolute atomic E-state index is 0.115. The normalized spacial score (nSPS) is 17.0. The monoisotopic (exact) mass is 339 g/mol. The molecule has 0 radical (unpaired) electrons. The summed E-state index contributed by atoms with van der Waals surface area (Å²) in [4.78, 5) is 14.4. The Hall–Kier alpha value is -3.09. The molecule has 0 spiro atoms. The van der Waals surface area contributed by atoms with Crippen LogP contribution in [0, 0.1) is 0 Å². The first-order valence-electron chi connectivity index (χ1n) is 8.05. The van der Waals surface area contributed by atoms with Crippen molar-refractivity contribution >= 4 is 16.9 Å². The van der Waals surface area contributed by atoms with Crippen LogP contribution < -0.4 is 9.47 Å². The average molecular weight is 339 g/mol. The topological polar surface area (TPSA) is 77.7 Å². The summed E-state index contributed by atoms with van der Waals surface area (Å²) in [5.41, 5.74) is 0.714. The number of aromatic nitrogens is 2. The summed E-state index contributed by atoms with van der Waals surface area (Å²) in [6.07, 6.45) is 0.621. The molecule has 0 aliphatic carbocycles. The van der Waals surface area contributed by atoms with Crippen LogP contribution in [0.25, 0.3) is 11.0 Å². The third-order valence-corrected chi connectivity index (χ3v) is 4.18. The highest BCUT2D eigenvalue weighted by atomic mass is 16.5. The molecule has 7 nitrogen and oxygen atoms in total. The lowest BCUT2D eigenvalue weighted by atomic mass is 10.2. The van der Waals surface area contributed by atoms with E-state index in [1.165, 1.54) is 7.11 Å². The maximum atomic E-state index is 12.6. The van der Waals surface area contributed by atoms with E-state index in [4.69, 9.17) is 13.9 Å². The van der Waals surface area contributed by atoms with Crippen molar-refractivity contribution < 1.29 is 18.7 Å². The molecule has 0 N–H and O–H groups in total. The minimum Gasteiger partial charge on any atom is -0.480 e. The number of likely N-dealkylation sites (tertiary alicyclic amines) is 1. The van der Waals surface area contributed by atoms with Gasteiger partial charge in [0.05, 0.1) is 13.7 Å². The molecule has 3 heterocycles. The van der Waals surface area contributed by atoms with Crippen LogP contribution in [-0.2, 0) is 0 Å². The van der Waals surface area contributed by atoms with Crippen LogP contribution in [0.5, 0.6) is 11.8 Å². The van der Waals surface area contributed by atoms with Crippen LogP contribution in [-0.4, -0.2) is 47.3 Å². The van der Waals surface area contributed by atoms with Gasteiger partial charge in [-0.2, -0.15) is 0 Å². The molecule has 1 amide bonds. The van der Waals surface area contributed by atoms with Crippen molar-refractivity contribution in [3.63, 3.8) is 0 Å². The van der Waals surface area contributed by atoms with E-state index in [0.717, 1.165) is 11.8 Å². The van der Waals surface area contributed by atoms with Gasteiger partial charge in [-0.15, -0.1) is 10.2 Å². The van der Waals surface area contributed by atoms with Gasteiger partial charge in [0.15, 0.2) is 5.76 Å². The lowest BCUT2D eigenvalue weighted by molar-refractivity contribution is 0.0742. The number of ether oxygens (including phenoxy) is 2. The second-order valence-electron chi connectivity index (χ2n) is 5.84. The van der Waals surface area contributed by atoms with Crippen molar-refractivity contribution in [2.24, 2.45) is 0 Å². The lowest BCUT2D eigenvalue weighted by Crippen LogP contribution is -2.30. The van der Waals surface area contributed by atoms with Crippen LogP contribution in [0.2, 0.25) is 0 Å². The number of carbonyl (C=O) groups is 1.